The second-order valence-corrected chi connectivity index (χ2v) is 11.0. The molecule has 0 aliphatic carbocycles. The minimum Gasteiger partial charge on any atom is -0.535 e. The lowest BCUT2D eigenvalue weighted by molar-refractivity contribution is 0.0870. The van der Waals surface area contributed by atoms with Crippen molar-refractivity contribution in [2.24, 2.45) is 16.8 Å². The average Bonchev–Trinajstić information content (AvgIpc) is 2.84. The first-order chi connectivity index (χ1) is 16.1. The van der Waals surface area contributed by atoms with Crippen LogP contribution in [0.5, 0.6) is 5.88 Å². The predicted molar refractivity (Wildman–Crippen MR) is 142 cm³/mol. The van der Waals surface area contributed by atoms with Gasteiger partial charge in [0.05, 0.1) is 17.8 Å². The summed E-state index contributed by atoms with van der Waals surface area (Å²) in [7, 11) is -0.640. The van der Waals surface area contributed by atoms with E-state index in [9.17, 15) is 0 Å². The maximum atomic E-state index is 6.07. The van der Waals surface area contributed by atoms with Crippen LogP contribution in [-0.2, 0) is 4.74 Å². The minimum atomic E-state index is -0.640. The average molecular weight is 474 g/mol. The van der Waals surface area contributed by atoms with E-state index >= 15 is 0 Å². The van der Waals surface area contributed by atoms with Crippen molar-refractivity contribution in [3.05, 3.63) is 30.2 Å². The molecule has 186 valence electrons. The van der Waals surface area contributed by atoms with E-state index in [0.717, 1.165) is 30.6 Å². The fraction of sp³-hybridized carbons (Fsp3) is 0.741. The number of aliphatic imine (C=N–C) groups is 1. The van der Waals surface area contributed by atoms with Crippen LogP contribution in [0.1, 0.15) is 104 Å². The zero-order chi connectivity index (χ0) is 23.7. The van der Waals surface area contributed by atoms with Crippen LogP contribution >= 0.6 is 0 Å². The number of hydrogen-bond acceptors (Lipinski definition) is 5. The molecule has 4 unspecified atom stereocenters. The van der Waals surface area contributed by atoms with E-state index in [4.69, 9.17) is 14.1 Å². The monoisotopic (exact) mass is 473 g/mol. The molecule has 4 atom stereocenters. The van der Waals surface area contributed by atoms with Gasteiger partial charge in [0, 0.05) is 19.0 Å². The molecule has 0 saturated heterocycles. The van der Waals surface area contributed by atoms with Crippen molar-refractivity contribution in [1.29, 1.82) is 0 Å². The Bertz CT molecular complexity index is 684. The largest absolute Gasteiger partial charge is 0.535 e. The van der Waals surface area contributed by atoms with Crippen LogP contribution in [-0.4, -0.2) is 38.8 Å². The van der Waals surface area contributed by atoms with E-state index < -0.39 is 9.76 Å². The van der Waals surface area contributed by atoms with Gasteiger partial charge >= 0.3 is 0 Å². The van der Waals surface area contributed by atoms with Crippen molar-refractivity contribution in [1.82, 2.24) is 9.97 Å². The molecule has 0 amide bonds. The highest BCUT2D eigenvalue weighted by Gasteiger charge is 2.15. The zero-order valence-electron chi connectivity index (χ0n) is 21.5. The van der Waals surface area contributed by atoms with Crippen molar-refractivity contribution in [2.45, 2.75) is 110 Å². The van der Waals surface area contributed by atoms with Gasteiger partial charge in [0.2, 0.25) is 15.6 Å². The van der Waals surface area contributed by atoms with Gasteiger partial charge in [-0.2, -0.15) is 0 Å². The Morgan fingerprint density at radius 2 is 1.70 bits per heavy atom. The number of nitrogens with zero attached hydrogens (tertiary/aromatic N) is 3. The minimum absolute atomic E-state index is 0.0376. The van der Waals surface area contributed by atoms with Gasteiger partial charge in [0.1, 0.15) is 0 Å². The summed E-state index contributed by atoms with van der Waals surface area (Å²) in [4.78, 5) is 13.6. The molecule has 6 heteroatoms. The summed E-state index contributed by atoms with van der Waals surface area (Å²) in [6.07, 6.45) is 22.3. The number of hydrogen-bond donors (Lipinski definition) is 0. The van der Waals surface area contributed by atoms with E-state index in [0.29, 0.717) is 5.88 Å². The van der Waals surface area contributed by atoms with Crippen LogP contribution in [0.3, 0.4) is 0 Å². The molecule has 2 rings (SSSR count). The number of aromatic nitrogens is 2. The van der Waals surface area contributed by atoms with Crippen LogP contribution in [0.25, 0.3) is 0 Å². The Balaban J connectivity index is 1.67. The molecule has 33 heavy (non-hydrogen) atoms. The van der Waals surface area contributed by atoms with Crippen LogP contribution < -0.4 is 4.43 Å². The summed E-state index contributed by atoms with van der Waals surface area (Å²) in [6, 6.07) is 1.19. The van der Waals surface area contributed by atoms with Gasteiger partial charge in [0.15, 0.2) is 6.23 Å². The van der Waals surface area contributed by atoms with Crippen LogP contribution in [0.15, 0.2) is 29.5 Å². The van der Waals surface area contributed by atoms with Gasteiger partial charge in [-0.3, -0.25) is 9.98 Å². The lowest BCUT2D eigenvalue weighted by atomic mass is 9.95. The molecule has 1 aromatic rings. The molecule has 2 heterocycles. The van der Waals surface area contributed by atoms with Gasteiger partial charge in [-0.15, -0.1) is 0 Å². The second-order valence-electron chi connectivity index (χ2n) is 9.73. The third-order valence-electron chi connectivity index (χ3n) is 6.45. The van der Waals surface area contributed by atoms with Gasteiger partial charge in [0.25, 0.3) is 0 Å². The SMILES string of the molecule is CCCCCCCOC1C=CC(c2cncc(O[SiH2]CC(C)CCC(C)CCCC)n2)C=N1. The number of rotatable bonds is 18. The van der Waals surface area contributed by atoms with E-state index in [-0.39, 0.29) is 12.1 Å². The van der Waals surface area contributed by atoms with Gasteiger partial charge in [-0.25, -0.2) is 4.98 Å². The standard InChI is InChI=1S/C27H47N3O2Si/c1-5-7-9-10-11-17-31-26-16-15-24(18-29-26)25-19-28-20-27(30-25)32-33-21-23(4)14-13-22(3)12-8-6-2/h15-16,18-20,22-24,26H,5-14,17,21,33H2,1-4H3. The van der Waals surface area contributed by atoms with Crippen LogP contribution in [0, 0.1) is 11.8 Å². The highest BCUT2D eigenvalue weighted by atomic mass is 28.2. The van der Waals surface area contributed by atoms with Crippen molar-refractivity contribution in [3.63, 3.8) is 0 Å². The molecule has 0 fully saturated rings. The molecule has 0 N–H and O–H groups in total. The zero-order valence-corrected chi connectivity index (χ0v) is 23.0. The molecule has 0 radical (unpaired) electrons. The molecule has 1 aromatic heterocycles. The topological polar surface area (TPSA) is 56.6 Å². The first kappa shape index (κ1) is 27.7. The maximum Gasteiger partial charge on any atom is 0.221 e. The smallest absolute Gasteiger partial charge is 0.221 e. The molecular formula is C27H47N3O2Si. The number of dihydropyridines is 1. The quantitative estimate of drug-likeness (QED) is 0.136. The second kappa shape index (κ2) is 17.0. The lowest BCUT2D eigenvalue weighted by Gasteiger charge is -2.17. The number of ether oxygens (including phenoxy) is 1. The predicted octanol–water partition coefficient (Wildman–Crippen LogP) is 6.64. The summed E-state index contributed by atoms with van der Waals surface area (Å²) in [5.41, 5.74) is 0.886. The number of unbranched alkanes of at least 4 members (excludes halogenated alkanes) is 5. The summed E-state index contributed by atoms with van der Waals surface area (Å²) >= 11 is 0. The molecule has 0 aromatic carbocycles. The molecular weight excluding hydrogens is 426 g/mol. The molecule has 1 aliphatic rings. The van der Waals surface area contributed by atoms with E-state index in [1.165, 1.54) is 63.8 Å². The Morgan fingerprint density at radius 1 is 0.909 bits per heavy atom. The van der Waals surface area contributed by atoms with E-state index in [1.807, 2.05) is 18.5 Å². The summed E-state index contributed by atoms with van der Waals surface area (Å²) in [5, 5.41) is 0. The Morgan fingerprint density at radius 3 is 2.45 bits per heavy atom. The highest BCUT2D eigenvalue weighted by molar-refractivity contribution is 6.28. The number of allylic oxidation sites excluding steroid dienone is 1. The normalized spacial score (nSPS) is 19.9. The van der Waals surface area contributed by atoms with E-state index in [1.54, 1.807) is 6.20 Å². The maximum absolute atomic E-state index is 6.07. The van der Waals surface area contributed by atoms with Crippen molar-refractivity contribution >= 4 is 16.0 Å². The molecule has 0 saturated carbocycles. The van der Waals surface area contributed by atoms with Crippen molar-refractivity contribution in [3.8, 4) is 5.88 Å². The fourth-order valence-corrected chi connectivity index (χ4v) is 5.20. The Kier molecular flexibility index (Phi) is 14.3. The molecule has 0 bridgehead atoms. The summed E-state index contributed by atoms with van der Waals surface area (Å²) < 4.78 is 11.9. The summed E-state index contributed by atoms with van der Waals surface area (Å²) in [6.45, 7) is 10.0. The van der Waals surface area contributed by atoms with Gasteiger partial charge in [-0.1, -0.05) is 91.6 Å². The Labute approximate surface area is 204 Å². The molecule has 0 spiro atoms. The lowest BCUT2D eigenvalue weighted by Crippen LogP contribution is -2.15. The highest BCUT2D eigenvalue weighted by Crippen LogP contribution is 2.21. The third-order valence-corrected chi connectivity index (χ3v) is 8.17. The van der Waals surface area contributed by atoms with Crippen LogP contribution in [0.2, 0.25) is 6.04 Å². The fourth-order valence-electron chi connectivity index (χ4n) is 4.04. The van der Waals surface area contributed by atoms with Crippen molar-refractivity contribution in [2.75, 3.05) is 6.61 Å². The summed E-state index contributed by atoms with van der Waals surface area (Å²) in [5.74, 6) is 2.28. The van der Waals surface area contributed by atoms with Crippen LogP contribution in [0.4, 0.5) is 0 Å². The van der Waals surface area contributed by atoms with Crippen molar-refractivity contribution < 1.29 is 9.16 Å². The third kappa shape index (κ3) is 11.9. The Hall–Kier alpha value is -1.53. The van der Waals surface area contributed by atoms with Gasteiger partial charge < -0.3 is 9.16 Å². The first-order valence-corrected chi connectivity index (χ1v) is 15.0. The molecule has 5 nitrogen and oxygen atoms in total. The van der Waals surface area contributed by atoms with Gasteiger partial charge in [-0.05, 0) is 30.4 Å². The molecule has 1 aliphatic heterocycles. The first-order valence-electron chi connectivity index (χ1n) is 13.4. The van der Waals surface area contributed by atoms with E-state index in [2.05, 4.69) is 43.7 Å².